The molecule has 0 unspecified atom stereocenters. The van der Waals surface area contributed by atoms with E-state index < -0.39 is 0 Å². The Morgan fingerprint density at radius 3 is 2.38 bits per heavy atom. The second kappa shape index (κ2) is 9.92. The smallest absolute Gasteiger partial charge is 0.238 e. The summed E-state index contributed by atoms with van der Waals surface area (Å²) in [6.45, 7) is 3.36. The van der Waals surface area contributed by atoms with Crippen LogP contribution in [0.4, 0.5) is 5.69 Å². The molecule has 0 radical (unpaired) electrons. The number of halogens is 2. The number of hydrogen-bond acceptors (Lipinski definition) is 4. The van der Waals surface area contributed by atoms with Crippen molar-refractivity contribution >= 4 is 52.0 Å². The van der Waals surface area contributed by atoms with Crippen molar-refractivity contribution in [2.24, 2.45) is 0 Å². The van der Waals surface area contributed by atoms with Crippen LogP contribution >= 0.6 is 34.5 Å². The van der Waals surface area contributed by atoms with Crippen molar-refractivity contribution in [2.45, 2.75) is 13.5 Å². The van der Waals surface area contributed by atoms with Crippen LogP contribution in [0.1, 0.15) is 11.8 Å². The maximum atomic E-state index is 12.5. The van der Waals surface area contributed by atoms with Gasteiger partial charge in [-0.3, -0.25) is 14.5 Å². The van der Waals surface area contributed by atoms with Gasteiger partial charge in [-0.15, -0.1) is 11.3 Å². The molecular weight excluding hydrogens is 393 g/mol. The number of amides is 2. The molecular formula is C18H21Cl2N3O2S. The van der Waals surface area contributed by atoms with Gasteiger partial charge in [0.05, 0.1) is 35.4 Å². The van der Waals surface area contributed by atoms with Gasteiger partial charge >= 0.3 is 0 Å². The van der Waals surface area contributed by atoms with Gasteiger partial charge in [0.1, 0.15) is 0 Å². The van der Waals surface area contributed by atoms with Crippen molar-refractivity contribution in [3.8, 4) is 0 Å². The molecule has 0 aliphatic rings. The fourth-order valence-electron chi connectivity index (χ4n) is 2.40. The number of carbonyl (C=O) groups is 2. The number of rotatable bonds is 8. The average Bonchev–Trinajstić information content (AvgIpc) is 3.09. The Balaban J connectivity index is 1.87. The third kappa shape index (κ3) is 5.99. The van der Waals surface area contributed by atoms with Crippen LogP contribution in [0.3, 0.4) is 0 Å². The summed E-state index contributed by atoms with van der Waals surface area (Å²) >= 11 is 13.7. The van der Waals surface area contributed by atoms with Crippen molar-refractivity contribution in [1.29, 1.82) is 0 Å². The van der Waals surface area contributed by atoms with Crippen LogP contribution in [0.25, 0.3) is 0 Å². The predicted molar refractivity (Wildman–Crippen MR) is 108 cm³/mol. The molecule has 8 heteroatoms. The molecule has 0 spiro atoms. The highest BCUT2D eigenvalue weighted by molar-refractivity contribution is 7.09. The minimum Gasteiger partial charge on any atom is -0.337 e. The molecule has 1 N–H and O–H groups in total. The lowest BCUT2D eigenvalue weighted by Crippen LogP contribution is -2.41. The minimum atomic E-state index is -0.281. The Hall–Kier alpha value is -1.60. The van der Waals surface area contributed by atoms with Crippen molar-refractivity contribution in [3.63, 3.8) is 0 Å². The van der Waals surface area contributed by atoms with Gasteiger partial charge < -0.3 is 10.2 Å². The Labute approximate surface area is 167 Å². The third-order valence-corrected chi connectivity index (χ3v) is 5.20. The Bertz CT molecular complexity index is 733. The van der Waals surface area contributed by atoms with Crippen LogP contribution in [0.2, 0.25) is 10.0 Å². The summed E-state index contributed by atoms with van der Waals surface area (Å²) in [7, 11) is 1.73. The molecule has 1 aromatic carbocycles. The summed E-state index contributed by atoms with van der Waals surface area (Å²) in [5, 5.41) is 5.43. The number of anilines is 1. The maximum Gasteiger partial charge on any atom is 0.238 e. The van der Waals surface area contributed by atoms with E-state index in [2.05, 4.69) is 5.32 Å². The fraction of sp³-hybridized carbons (Fsp3) is 0.333. The molecule has 0 aliphatic heterocycles. The molecule has 0 saturated carbocycles. The van der Waals surface area contributed by atoms with Crippen LogP contribution in [0, 0.1) is 0 Å². The standard InChI is InChI=1S/C18H21Cl2N3O2S/c1-3-23(10-13-6-5-9-26-13)17(25)12-22(2)11-16(24)21-18-14(19)7-4-8-15(18)20/h4-9H,3,10-12H2,1-2H3,(H,21,24). The van der Waals surface area contributed by atoms with Crippen LogP contribution in [-0.2, 0) is 16.1 Å². The number of nitrogens with zero attached hydrogens (tertiary/aromatic N) is 2. The van der Waals surface area contributed by atoms with Crippen LogP contribution in [-0.4, -0.2) is 48.3 Å². The lowest BCUT2D eigenvalue weighted by atomic mass is 10.3. The van der Waals surface area contributed by atoms with E-state index >= 15 is 0 Å². The number of nitrogens with one attached hydrogen (secondary N) is 1. The molecule has 1 heterocycles. The molecule has 0 aliphatic carbocycles. The summed E-state index contributed by atoms with van der Waals surface area (Å²) in [5.41, 5.74) is 0.383. The Morgan fingerprint density at radius 1 is 1.12 bits per heavy atom. The van der Waals surface area contributed by atoms with Gasteiger partial charge in [-0.2, -0.15) is 0 Å². The molecule has 140 valence electrons. The monoisotopic (exact) mass is 413 g/mol. The molecule has 0 saturated heterocycles. The van der Waals surface area contributed by atoms with Gasteiger partial charge in [-0.25, -0.2) is 0 Å². The molecule has 2 rings (SSSR count). The van der Waals surface area contributed by atoms with E-state index in [1.165, 1.54) is 0 Å². The van der Waals surface area contributed by atoms with E-state index in [-0.39, 0.29) is 24.9 Å². The second-order valence-corrected chi connectivity index (χ2v) is 7.65. The zero-order valence-corrected chi connectivity index (χ0v) is 17.0. The predicted octanol–water partition coefficient (Wildman–Crippen LogP) is 3.97. The molecule has 5 nitrogen and oxygen atoms in total. The Morgan fingerprint density at radius 2 is 1.81 bits per heavy atom. The first-order valence-electron chi connectivity index (χ1n) is 8.13. The SMILES string of the molecule is CCN(Cc1cccs1)C(=O)CN(C)CC(=O)Nc1c(Cl)cccc1Cl. The zero-order valence-electron chi connectivity index (χ0n) is 14.7. The van der Waals surface area contributed by atoms with Crippen LogP contribution in [0.15, 0.2) is 35.7 Å². The fourth-order valence-corrected chi connectivity index (χ4v) is 3.61. The first-order valence-corrected chi connectivity index (χ1v) is 9.76. The summed E-state index contributed by atoms with van der Waals surface area (Å²) in [6.07, 6.45) is 0. The zero-order chi connectivity index (χ0) is 19.1. The molecule has 1 aromatic heterocycles. The first-order chi connectivity index (χ1) is 12.4. The lowest BCUT2D eigenvalue weighted by Gasteiger charge is -2.23. The summed E-state index contributed by atoms with van der Waals surface area (Å²) in [4.78, 5) is 29.3. The number of likely N-dealkylation sites (N-methyl/N-ethyl adjacent to an activating group) is 2. The molecule has 2 amide bonds. The molecule has 0 fully saturated rings. The van der Waals surface area contributed by atoms with Gasteiger partial charge in [-0.1, -0.05) is 35.3 Å². The highest BCUT2D eigenvalue weighted by Gasteiger charge is 2.17. The quantitative estimate of drug-likeness (QED) is 0.711. The van der Waals surface area contributed by atoms with Crippen molar-refractivity contribution in [1.82, 2.24) is 9.80 Å². The van der Waals surface area contributed by atoms with Gasteiger partial charge in [-0.05, 0) is 37.6 Å². The minimum absolute atomic E-state index is 0.0213. The number of para-hydroxylation sites is 1. The van der Waals surface area contributed by atoms with E-state index in [9.17, 15) is 9.59 Å². The van der Waals surface area contributed by atoms with E-state index in [1.54, 1.807) is 46.4 Å². The van der Waals surface area contributed by atoms with E-state index in [1.807, 2.05) is 24.4 Å². The summed E-state index contributed by atoms with van der Waals surface area (Å²) < 4.78 is 0. The van der Waals surface area contributed by atoms with Crippen LogP contribution < -0.4 is 5.32 Å². The van der Waals surface area contributed by atoms with E-state index in [0.29, 0.717) is 28.8 Å². The summed E-state index contributed by atoms with van der Waals surface area (Å²) in [6, 6.07) is 8.98. The lowest BCUT2D eigenvalue weighted by molar-refractivity contribution is -0.132. The normalized spacial score (nSPS) is 10.8. The molecule has 0 atom stereocenters. The number of hydrogen-bond donors (Lipinski definition) is 1. The largest absolute Gasteiger partial charge is 0.337 e. The van der Waals surface area contributed by atoms with Gasteiger partial charge in [0, 0.05) is 11.4 Å². The second-order valence-electron chi connectivity index (χ2n) is 5.80. The molecule has 26 heavy (non-hydrogen) atoms. The highest BCUT2D eigenvalue weighted by atomic mass is 35.5. The summed E-state index contributed by atoms with van der Waals surface area (Å²) in [5.74, 6) is -0.302. The van der Waals surface area contributed by atoms with Crippen molar-refractivity contribution in [3.05, 3.63) is 50.6 Å². The maximum absolute atomic E-state index is 12.5. The van der Waals surface area contributed by atoms with Crippen LogP contribution in [0.5, 0.6) is 0 Å². The molecule has 0 bridgehead atoms. The first kappa shape index (κ1) is 20.7. The van der Waals surface area contributed by atoms with Gasteiger partial charge in [0.2, 0.25) is 11.8 Å². The Kier molecular flexibility index (Phi) is 7.90. The van der Waals surface area contributed by atoms with Crippen molar-refractivity contribution < 1.29 is 9.59 Å². The third-order valence-electron chi connectivity index (χ3n) is 3.71. The number of benzene rings is 1. The van der Waals surface area contributed by atoms with Crippen molar-refractivity contribution in [2.75, 3.05) is 32.0 Å². The molecule has 2 aromatic rings. The highest BCUT2D eigenvalue weighted by Crippen LogP contribution is 2.29. The number of thiophene rings is 1. The van der Waals surface area contributed by atoms with Gasteiger partial charge in [0.25, 0.3) is 0 Å². The topological polar surface area (TPSA) is 52.7 Å². The number of carbonyl (C=O) groups excluding carboxylic acids is 2. The van der Waals surface area contributed by atoms with E-state index in [0.717, 1.165) is 4.88 Å². The van der Waals surface area contributed by atoms with Gasteiger partial charge in [0.15, 0.2) is 0 Å². The van der Waals surface area contributed by atoms with E-state index in [4.69, 9.17) is 23.2 Å². The average molecular weight is 414 g/mol.